The van der Waals surface area contributed by atoms with E-state index in [2.05, 4.69) is 5.32 Å². The molecular weight excluding hydrogens is 323 g/mol. The van der Waals surface area contributed by atoms with E-state index in [1.165, 1.54) is 12.1 Å². The molecule has 0 unspecified atom stereocenters. The van der Waals surface area contributed by atoms with Gasteiger partial charge in [-0.05, 0) is 35.3 Å². The lowest BCUT2D eigenvalue weighted by molar-refractivity contribution is 0.0947. The molecule has 23 heavy (non-hydrogen) atoms. The SMILES string of the molecule is CO.O=C(NCc1cccc(Cl)c1)c1ccc(B(O)O)cc1F. The Kier molecular flexibility index (Phi) is 7.70. The first-order valence-corrected chi connectivity index (χ1v) is 6.98. The standard InChI is InChI=1S/C14H12BClFNO3.CH4O/c16-11-3-1-2-9(6-11)8-18-14(19)12-5-4-10(15(20)21)7-13(12)17;1-2/h1-7,20-21H,8H2,(H,18,19);2H,1H3. The number of aliphatic hydroxyl groups is 1. The molecule has 0 aliphatic carbocycles. The van der Waals surface area contributed by atoms with Crippen LogP contribution in [0.4, 0.5) is 4.39 Å². The van der Waals surface area contributed by atoms with Gasteiger partial charge in [-0.25, -0.2) is 4.39 Å². The number of hydrogen-bond donors (Lipinski definition) is 4. The van der Waals surface area contributed by atoms with Crippen LogP contribution in [0, 0.1) is 5.82 Å². The van der Waals surface area contributed by atoms with Crippen molar-refractivity contribution in [2.75, 3.05) is 7.11 Å². The van der Waals surface area contributed by atoms with E-state index in [0.717, 1.165) is 18.7 Å². The average molecular weight is 340 g/mol. The van der Waals surface area contributed by atoms with E-state index in [1.54, 1.807) is 24.3 Å². The zero-order valence-corrected chi connectivity index (χ0v) is 13.1. The number of nitrogens with one attached hydrogen (secondary N) is 1. The number of amides is 1. The monoisotopic (exact) mass is 339 g/mol. The summed E-state index contributed by atoms with van der Waals surface area (Å²) in [5.74, 6) is -1.41. The fourth-order valence-corrected chi connectivity index (χ4v) is 2.01. The van der Waals surface area contributed by atoms with E-state index in [4.69, 9.17) is 26.8 Å². The van der Waals surface area contributed by atoms with E-state index in [-0.39, 0.29) is 17.6 Å². The first kappa shape index (κ1) is 19.1. The Bertz CT molecular complexity index is 670. The van der Waals surface area contributed by atoms with Crippen molar-refractivity contribution in [3.05, 3.63) is 64.4 Å². The highest BCUT2D eigenvalue weighted by atomic mass is 35.5. The van der Waals surface area contributed by atoms with Crippen molar-refractivity contribution in [1.82, 2.24) is 5.32 Å². The van der Waals surface area contributed by atoms with Gasteiger partial charge in [-0.1, -0.05) is 29.8 Å². The van der Waals surface area contributed by atoms with Crippen LogP contribution in [0.5, 0.6) is 0 Å². The van der Waals surface area contributed by atoms with E-state index in [0.29, 0.717) is 5.02 Å². The van der Waals surface area contributed by atoms with Gasteiger partial charge >= 0.3 is 7.12 Å². The summed E-state index contributed by atoms with van der Waals surface area (Å²) in [7, 11) is -0.775. The molecule has 0 aromatic heterocycles. The Morgan fingerprint density at radius 2 is 1.91 bits per heavy atom. The van der Waals surface area contributed by atoms with Crippen molar-refractivity contribution in [2.45, 2.75) is 6.54 Å². The summed E-state index contributed by atoms with van der Waals surface area (Å²) in [4.78, 5) is 11.9. The fraction of sp³-hybridized carbons (Fsp3) is 0.133. The minimum Gasteiger partial charge on any atom is -0.423 e. The molecule has 0 fully saturated rings. The van der Waals surface area contributed by atoms with Crippen LogP contribution >= 0.6 is 11.6 Å². The molecule has 0 heterocycles. The molecule has 4 N–H and O–H groups in total. The maximum Gasteiger partial charge on any atom is 0.488 e. The zero-order chi connectivity index (χ0) is 17.4. The number of halogens is 2. The highest BCUT2D eigenvalue weighted by Gasteiger charge is 2.16. The van der Waals surface area contributed by atoms with Gasteiger partial charge in [0.15, 0.2) is 0 Å². The number of aliphatic hydroxyl groups excluding tert-OH is 1. The molecule has 0 saturated heterocycles. The third kappa shape index (κ3) is 5.65. The molecule has 0 radical (unpaired) electrons. The average Bonchev–Trinajstić information content (AvgIpc) is 2.54. The van der Waals surface area contributed by atoms with Crippen LogP contribution in [-0.4, -0.2) is 35.3 Å². The van der Waals surface area contributed by atoms with Crippen molar-refractivity contribution in [2.24, 2.45) is 0 Å². The summed E-state index contributed by atoms with van der Waals surface area (Å²) >= 11 is 5.83. The van der Waals surface area contributed by atoms with Crippen molar-refractivity contribution in [3.63, 3.8) is 0 Å². The van der Waals surface area contributed by atoms with Crippen LogP contribution < -0.4 is 10.8 Å². The lowest BCUT2D eigenvalue weighted by atomic mass is 9.80. The first-order valence-electron chi connectivity index (χ1n) is 6.60. The number of carbonyl (C=O) groups excluding carboxylic acids is 1. The summed E-state index contributed by atoms with van der Waals surface area (Å²) in [5.41, 5.74) is 0.610. The van der Waals surface area contributed by atoms with Gasteiger partial charge in [0.25, 0.3) is 5.91 Å². The summed E-state index contributed by atoms with van der Waals surface area (Å²) < 4.78 is 13.7. The number of rotatable bonds is 4. The predicted molar refractivity (Wildman–Crippen MR) is 87.0 cm³/mol. The molecule has 0 spiro atoms. The zero-order valence-electron chi connectivity index (χ0n) is 12.3. The lowest BCUT2D eigenvalue weighted by Gasteiger charge is -2.08. The molecule has 0 aliphatic heterocycles. The smallest absolute Gasteiger partial charge is 0.423 e. The largest absolute Gasteiger partial charge is 0.488 e. The van der Waals surface area contributed by atoms with Gasteiger partial charge in [0.05, 0.1) is 5.56 Å². The highest BCUT2D eigenvalue weighted by molar-refractivity contribution is 6.58. The fourth-order valence-electron chi connectivity index (χ4n) is 1.80. The second-order valence-corrected chi connectivity index (χ2v) is 4.86. The third-order valence-corrected chi connectivity index (χ3v) is 3.11. The van der Waals surface area contributed by atoms with E-state index in [1.807, 2.05) is 0 Å². The number of hydrogen-bond acceptors (Lipinski definition) is 4. The quantitative estimate of drug-likeness (QED) is 0.617. The molecule has 8 heteroatoms. The molecule has 5 nitrogen and oxygen atoms in total. The van der Waals surface area contributed by atoms with Gasteiger partial charge in [0.1, 0.15) is 5.82 Å². The summed E-state index contributed by atoms with van der Waals surface area (Å²) in [6.45, 7) is 0.212. The Morgan fingerprint density at radius 3 is 2.48 bits per heavy atom. The van der Waals surface area contributed by atoms with E-state index in [9.17, 15) is 9.18 Å². The minimum absolute atomic E-state index is 0.0149. The normalized spacial score (nSPS) is 9.65. The third-order valence-electron chi connectivity index (χ3n) is 2.88. The molecule has 0 aliphatic rings. The van der Waals surface area contributed by atoms with E-state index < -0.39 is 18.8 Å². The molecule has 0 saturated carbocycles. The molecule has 0 atom stereocenters. The van der Waals surface area contributed by atoms with Gasteiger partial charge in [-0.2, -0.15) is 0 Å². The van der Waals surface area contributed by atoms with Gasteiger partial charge in [0.2, 0.25) is 0 Å². The minimum atomic E-state index is -1.77. The van der Waals surface area contributed by atoms with Gasteiger partial charge < -0.3 is 20.5 Å². The summed E-state index contributed by atoms with van der Waals surface area (Å²) in [6.07, 6.45) is 0. The van der Waals surface area contributed by atoms with Gasteiger partial charge in [-0.3, -0.25) is 4.79 Å². The van der Waals surface area contributed by atoms with Crippen LogP contribution in [0.1, 0.15) is 15.9 Å². The molecule has 2 aromatic rings. The lowest BCUT2D eigenvalue weighted by Crippen LogP contribution is -2.31. The van der Waals surface area contributed by atoms with Crippen LogP contribution in [0.25, 0.3) is 0 Å². The number of benzene rings is 2. The first-order chi connectivity index (χ1) is 11.0. The highest BCUT2D eigenvalue weighted by Crippen LogP contribution is 2.11. The van der Waals surface area contributed by atoms with Crippen molar-refractivity contribution in [3.8, 4) is 0 Å². The molecule has 2 rings (SSSR count). The van der Waals surface area contributed by atoms with Gasteiger partial charge in [0, 0.05) is 18.7 Å². The van der Waals surface area contributed by atoms with Crippen LogP contribution in [0.2, 0.25) is 5.02 Å². The molecule has 1 amide bonds. The van der Waals surface area contributed by atoms with Gasteiger partial charge in [-0.15, -0.1) is 0 Å². The van der Waals surface area contributed by atoms with Crippen molar-refractivity contribution < 1.29 is 24.3 Å². The predicted octanol–water partition coefficient (Wildman–Crippen LogP) is 0.697. The summed E-state index contributed by atoms with van der Waals surface area (Å²) in [5, 5.41) is 28.0. The van der Waals surface area contributed by atoms with Crippen LogP contribution in [-0.2, 0) is 6.54 Å². The van der Waals surface area contributed by atoms with Crippen LogP contribution in [0.3, 0.4) is 0 Å². The number of carbonyl (C=O) groups is 1. The topological polar surface area (TPSA) is 89.8 Å². The maximum absolute atomic E-state index is 13.7. The van der Waals surface area contributed by atoms with Crippen molar-refractivity contribution in [1.29, 1.82) is 0 Å². The molecule has 0 bridgehead atoms. The Hall–Kier alpha value is -1.93. The van der Waals surface area contributed by atoms with Crippen molar-refractivity contribution >= 4 is 30.1 Å². The second-order valence-electron chi connectivity index (χ2n) is 4.43. The Balaban J connectivity index is 0.00000127. The molecular formula is C15H16BClFNO4. The Morgan fingerprint density at radius 1 is 1.22 bits per heavy atom. The summed E-state index contributed by atoms with van der Waals surface area (Å²) in [6, 6.07) is 10.4. The maximum atomic E-state index is 13.7. The van der Waals surface area contributed by atoms with E-state index >= 15 is 0 Å². The second kappa shape index (κ2) is 9.27. The molecule has 2 aromatic carbocycles. The van der Waals surface area contributed by atoms with Crippen LogP contribution in [0.15, 0.2) is 42.5 Å². The molecule has 122 valence electrons. The Labute approximate surface area is 138 Å².